The van der Waals surface area contributed by atoms with Gasteiger partial charge in [-0.25, -0.2) is 0 Å². The van der Waals surface area contributed by atoms with Crippen LogP contribution < -0.4 is 0 Å². The second-order valence-corrected chi connectivity index (χ2v) is 4.06. The molecule has 0 aromatic rings. The molecule has 0 heterocycles. The van der Waals surface area contributed by atoms with Crippen LogP contribution in [0.25, 0.3) is 0 Å². The summed E-state index contributed by atoms with van der Waals surface area (Å²) in [5.74, 6) is 1.53. The fraction of sp³-hybridized carbons (Fsp3) is 0.750. The highest BCUT2D eigenvalue weighted by Crippen LogP contribution is 2.49. The Morgan fingerprint density at radius 2 is 1.67 bits per heavy atom. The summed E-state index contributed by atoms with van der Waals surface area (Å²) in [6.45, 7) is 6.38. The molecule has 3 nitrogen and oxygen atoms in total. The highest BCUT2D eigenvalue weighted by Gasteiger charge is 2.17. The van der Waals surface area contributed by atoms with Gasteiger partial charge in [-0.1, -0.05) is 13.0 Å². The van der Waals surface area contributed by atoms with Gasteiger partial charge in [0.15, 0.2) is 0 Å². The van der Waals surface area contributed by atoms with E-state index in [-0.39, 0.29) is 0 Å². The molecule has 0 aromatic carbocycles. The van der Waals surface area contributed by atoms with Crippen LogP contribution in [-0.2, 0) is 13.6 Å². The molecule has 0 saturated carbocycles. The average molecular weight is 192 g/mol. The lowest BCUT2D eigenvalue weighted by molar-refractivity contribution is 0.229. The summed E-state index contributed by atoms with van der Waals surface area (Å²) in [6, 6.07) is 0. The molecule has 0 aromatic heterocycles. The molecule has 0 spiro atoms. The monoisotopic (exact) mass is 192 g/mol. The fourth-order valence-corrected chi connectivity index (χ4v) is 2.15. The van der Waals surface area contributed by atoms with Crippen molar-refractivity contribution < 1.29 is 13.6 Å². The largest absolute Gasteiger partial charge is 0.353 e. The van der Waals surface area contributed by atoms with Crippen LogP contribution in [0.2, 0.25) is 0 Å². The van der Waals surface area contributed by atoms with Crippen molar-refractivity contribution >= 4 is 7.60 Å². The van der Waals surface area contributed by atoms with Gasteiger partial charge in [-0.05, 0) is 20.3 Å². The van der Waals surface area contributed by atoms with Crippen LogP contribution >= 0.6 is 7.60 Å². The van der Waals surface area contributed by atoms with E-state index in [4.69, 9.17) is 9.05 Å². The molecule has 0 unspecified atom stereocenters. The van der Waals surface area contributed by atoms with Crippen LogP contribution in [0.3, 0.4) is 0 Å². The number of allylic oxidation sites excluding steroid dienone is 1. The topological polar surface area (TPSA) is 35.5 Å². The van der Waals surface area contributed by atoms with Gasteiger partial charge >= 0.3 is 7.60 Å². The molecular formula is C8H17O3P. The molecule has 0 aliphatic carbocycles. The van der Waals surface area contributed by atoms with Crippen molar-refractivity contribution in [2.24, 2.45) is 0 Å². The lowest BCUT2D eigenvalue weighted by Crippen LogP contribution is -1.92. The third kappa shape index (κ3) is 4.70. The minimum Gasteiger partial charge on any atom is -0.306 e. The van der Waals surface area contributed by atoms with Crippen molar-refractivity contribution in [1.29, 1.82) is 0 Å². The molecule has 0 fully saturated rings. The number of hydrogen-bond donors (Lipinski definition) is 0. The van der Waals surface area contributed by atoms with Gasteiger partial charge in [-0.2, -0.15) is 0 Å². The average Bonchev–Trinajstić information content (AvgIpc) is 2.02. The molecule has 0 bridgehead atoms. The van der Waals surface area contributed by atoms with Crippen molar-refractivity contribution in [3.05, 3.63) is 11.9 Å². The molecule has 0 aliphatic rings. The van der Waals surface area contributed by atoms with Crippen molar-refractivity contribution in [3.63, 3.8) is 0 Å². The first-order chi connectivity index (χ1) is 5.68. The normalized spacial score (nSPS) is 12.6. The SMILES string of the molecule is CC/C=C/P(=O)(OCC)OCC. The summed E-state index contributed by atoms with van der Waals surface area (Å²) in [4.78, 5) is 0. The van der Waals surface area contributed by atoms with Crippen molar-refractivity contribution in [3.8, 4) is 0 Å². The second-order valence-electron chi connectivity index (χ2n) is 2.17. The van der Waals surface area contributed by atoms with E-state index in [0.29, 0.717) is 13.2 Å². The highest BCUT2D eigenvalue weighted by molar-refractivity contribution is 7.57. The minimum atomic E-state index is -2.92. The van der Waals surface area contributed by atoms with Crippen LogP contribution in [-0.4, -0.2) is 13.2 Å². The van der Waals surface area contributed by atoms with E-state index in [0.717, 1.165) is 6.42 Å². The summed E-state index contributed by atoms with van der Waals surface area (Å²) in [6.07, 6.45) is 2.64. The maximum atomic E-state index is 11.6. The quantitative estimate of drug-likeness (QED) is 0.606. The third-order valence-corrected chi connectivity index (χ3v) is 2.95. The molecule has 0 amide bonds. The molecule has 0 N–H and O–H groups in total. The van der Waals surface area contributed by atoms with Crippen LogP contribution in [0.4, 0.5) is 0 Å². The Labute approximate surface area is 74.3 Å². The van der Waals surface area contributed by atoms with Gasteiger partial charge in [-0.15, -0.1) is 0 Å². The first-order valence-electron chi connectivity index (χ1n) is 4.25. The Morgan fingerprint density at radius 1 is 1.17 bits per heavy atom. The van der Waals surface area contributed by atoms with Crippen molar-refractivity contribution in [2.75, 3.05) is 13.2 Å². The summed E-state index contributed by atoms with van der Waals surface area (Å²) in [5.41, 5.74) is 0. The van der Waals surface area contributed by atoms with E-state index < -0.39 is 7.60 Å². The first-order valence-corrected chi connectivity index (χ1v) is 5.86. The maximum Gasteiger partial charge on any atom is 0.353 e. The van der Waals surface area contributed by atoms with E-state index in [1.165, 1.54) is 5.82 Å². The molecule has 0 atom stereocenters. The molecule has 72 valence electrons. The van der Waals surface area contributed by atoms with Gasteiger partial charge in [-0.3, -0.25) is 4.57 Å². The zero-order valence-electron chi connectivity index (χ0n) is 7.95. The lowest BCUT2D eigenvalue weighted by Gasteiger charge is -2.12. The van der Waals surface area contributed by atoms with E-state index >= 15 is 0 Å². The van der Waals surface area contributed by atoms with E-state index in [9.17, 15) is 4.57 Å². The molecule has 0 radical (unpaired) electrons. The Hall–Kier alpha value is -0.110. The standard InChI is InChI=1S/C8H17O3P/c1-4-7-8-12(9,10-5-2)11-6-3/h7-8H,4-6H2,1-3H3/b8-7+. The van der Waals surface area contributed by atoms with Crippen LogP contribution in [0.5, 0.6) is 0 Å². The predicted octanol–water partition coefficient (Wildman–Crippen LogP) is 3.18. The van der Waals surface area contributed by atoms with Gasteiger partial charge in [0.1, 0.15) is 0 Å². The molecule has 0 rings (SSSR count). The van der Waals surface area contributed by atoms with E-state index in [1.807, 2.05) is 6.92 Å². The fourth-order valence-electron chi connectivity index (χ4n) is 0.718. The third-order valence-electron chi connectivity index (χ3n) is 1.14. The van der Waals surface area contributed by atoms with Crippen LogP contribution in [0, 0.1) is 0 Å². The van der Waals surface area contributed by atoms with Gasteiger partial charge < -0.3 is 9.05 Å². The smallest absolute Gasteiger partial charge is 0.306 e. The lowest BCUT2D eigenvalue weighted by atomic mass is 10.5. The van der Waals surface area contributed by atoms with Crippen molar-refractivity contribution in [2.45, 2.75) is 27.2 Å². The Kier molecular flexibility index (Phi) is 6.35. The zero-order valence-corrected chi connectivity index (χ0v) is 8.84. The number of rotatable bonds is 6. The van der Waals surface area contributed by atoms with Crippen molar-refractivity contribution in [1.82, 2.24) is 0 Å². The Morgan fingerprint density at radius 3 is 2.00 bits per heavy atom. The highest BCUT2D eigenvalue weighted by atomic mass is 31.2. The molecule has 12 heavy (non-hydrogen) atoms. The summed E-state index contributed by atoms with van der Waals surface area (Å²) < 4.78 is 21.7. The van der Waals surface area contributed by atoms with Gasteiger partial charge in [0, 0.05) is 5.82 Å². The van der Waals surface area contributed by atoms with Crippen LogP contribution in [0.1, 0.15) is 27.2 Å². The van der Waals surface area contributed by atoms with Gasteiger partial charge in [0.2, 0.25) is 0 Å². The Balaban J connectivity index is 4.18. The predicted molar refractivity (Wildman–Crippen MR) is 50.3 cm³/mol. The molecule has 0 saturated heterocycles. The first kappa shape index (κ1) is 11.9. The van der Waals surface area contributed by atoms with E-state index in [1.54, 1.807) is 19.9 Å². The molecular weight excluding hydrogens is 175 g/mol. The second kappa shape index (κ2) is 6.41. The minimum absolute atomic E-state index is 0.408. The van der Waals surface area contributed by atoms with Gasteiger partial charge in [0.25, 0.3) is 0 Å². The van der Waals surface area contributed by atoms with Crippen LogP contribution in [0.15, 0.2) is 11.9 Å². The van der Waals surface area contributed by atoms with Gasteiger partial charge in [0.05, 0.1) is 13.2 Å². The zero-order chi connectivity index (χ0) is 9.45. The maximum absolute atomic E-state index is 11.6. The molecule has 4 heteroatoms. The summed E-state index contributed by atoms with van der Waals surface area (Å²) >= 11 is 0. The van der Waals surface area contributed by atoms with E-state index in [2.05, 4.69) is 0 Å². The number of hydrogen-bond acceptors (Lipinski definition) is 3. The molecule has 0 aliphatic heterocycles. The summed E-state index contributed by atoms with van der Waals surface area (Å²) in [5, 5.41) is 0. The Bertz CT molecular complexity index is 167. The summed E-state index contributed by atoms with van der Waals surface area (Å²) in [7, 11) is -2.92.